The Labute approximate surface area is 122 Å². The minimum atomic E-state index is -0.455. The molecule has 1 fully saturated rings. The first-order valence-electron chi connectivity index (χ1n) is 6.56. The molecule has 2 rings (SSSR count). The number of nitrogens with one attached hydrogen (secondary N) is 1. The van der Waals surface area contributed by atoms with E-state index in [4.69, 9.17) is 0 Å². The number of hydrogen-bond acceptors (Lipinski definition) is 3. The molecular weight excluding hydrogens is 272 g/mol. The number of amides is 2. The number of rotatable bonds is 3. The molecule has 1 aromatic rings. The predicted molar refractivity (Wildman–Crippen MR) is 80.0 cm³/mol. The monoisotopic (exact) mass is 288 g/mol. The largest absolute Gasteiger partial charge is 0.363 e. The normalized spacial score (nSPS) is 16.6. The minimum Gasteiger partial charge on any atom is -0.363 e. The topological polar surface area (TPSA) is 87.8 Å². The van der Waals surface area contributed by atoms with Crippen molar-refractivity contribution in [3.05, 3.63) is 46.1 Å². The number of benzene rings is 1. The van der Waals surface area contributed by atoms with Crippen molar-refractivity contribution >= 4 is 23.6 Å². The SMILES string of the molecule is CN1CCC/C1=N/C(=O)N/C=C/c1ccc([N+](=O)[O-])cc1. The molecule has 1 N–H and O–H groups in total. The molecule has 1 heterocycles. The molecule has 1 aliphatic heterocycles. The molecule has 7 heteroatoms. The highest BCUT2D eigenvalue weighted by atomic mass is 16.6. The lowest BCUT2D eigenvalue weighted by Gasteiger charge is -2.09. The zero-order valence-corrected chi connectivity index (χ0v) is 11.7. The third-order valence-corrected chi connectivity index (χ3v) is 3.15. The number of amidine groups is 1. The van der Waals surface area contributed by atoms with E-state index in [9.17, 15) is 14.9 Å². The number of non-ortho nitro benzene ring substituents is 1. The molecule has 0 spiro atoms. The van der Waals surface area contributed by atoms with Crippen LogP contribution in [0.4, 0.5) is 10.5 Å². The van der Waals surface area contributed by atoms with Crippen molar-refractivity contribution in [2.45, 2.75) is 12.8 Å². The molecule has 0 aromatic heterocycles. The van der Waals surface area contributed by atoms with Gasteiger partial charge < -0.3 is 10.2 Å². The minimum absolute atomic E-state index is 0.0341. The number of aliphatic imine (C=N–C) groups is 1. The van der Waals surface area contributed by atoms with Gasteiger partial charge >= 0.3 is 6.03 Å². The molecule has 1 aromatic carbocycles. The maximum atomic E-state index is 11.6. The summed E-state index contributed by atoms with van der Waals surface area (Å²) in [6.45, 7) is 0.921. The van der Waals surface area contributed by atoms with Crippen molar-refractivity contribution in [3.63, 3.8) is 0 Å². The quantitative estimate of drug-likeness (QED) is 0.683. The number of hydrogen-bond donors (Lipinski definition) is 1. The third-order valence-electron chi connectivity index (χ3n) is 3.15. The molecule has 0 aliphatic carbocycles. The van der Waals surface area contributed by atoms with Gasteiger partial charge in [-0.1, -0.05) is 0 Å². The van der Waals surface area contributed by atoms with Gasteiger partial charge in [0, 0.05) is 38.3 Å². The summed E-state index contributed by atoms with van der Waals surface area (Å²) in [6, 6.07) is 5.62. The van der Waals surface area contributed by atoms with Gasteiger partial charge in [0.25, 0.3) is 5.69 Å². The zero-order chi connectivity index (χ0) is 15.2. The van der Waals surface area contributed by atoms with E-state index >= 15 is 0 Å². The van der Waals surface area contributed by atoms with Crippen LogP contribution in [0.3, 0.4) is 0 Å². The molecule has 0 atom stereocenters. The number of nitrogens with zero attached hydrogens (tertiary/aromatic N) is 3. The highest BCUT2D eigenvalue weighted by Crippen LogP contribution is 2.12. The lowest BCUT2D eigenvalue weighted by atomic mass is 10.2. The molecule has 0 saturated carbocycles. The third kappa shape index (κ3) is 4.13. The van der Waals surface area contributed by atoms with Crippen molar-refractivity contribution in [3.8, 4) is 0 Å². The summed E-state index contributed by atoms with van der Waals surface area (Å²) in [7, 11) is 1.91. The molecule has 0 bridgehead atoms. The molecule has 1 aliphatic rings. The fourth-order valence-electron chi connectivity index (χ4n) is 2.00. The van der Waals surface area contributed by atoms with Gasteiger partial charge in [0.1, 0.15) is 5.84 Å². The van der Waals surface area contributed by atoms with Crippen LogP contribution < -0.4 is 5.32 Å². The lowest BCUT2D eigenvalue weighted by Crippen LogP contribution is -2.23. The van der Waals surface area contributed by atoms with Gasteiger partial charge in [-0.25, -0.2) is 4.79 Å². The summed E-state index contributed by atoms with van der Waals surface area (Å²) >= 11 is 0. The van der Waals surface area contributed by atoms with E-state index in [0.717, 1.165) is 30.8 Å². The fraction of sp³-hybridized carbons (Fsp3) is 0.286. The molecule has 0 radical (unpaired) electrons. The highest BCUT2D eigenvalue weighted by Gasteiger charge is 2.14. The van der Waals surface area contributed by atoms with Gasteiger partial charge in [-0.05, 0) is 30.2 Å². The molecule has 110 valence electrons. The van der Waals surface area contributed by atoms with Crippen LogP contribution in [0.15, 0.2) is 35.5 Å². The lowest BCUT2D eigenvalue weighted by molar-refractivity contribution is -0.384. The Kier molecular flexibility index (Phi) is 4.65. The van der Waals surface area contributed by atoms with Crippen molar-refractivity contribution in [2.24, 2.45) is 4.99 Å². The first-order chi connectivity index (χ1) is 10.1. The highest BCUT2D eigenvalue weighted by molar-refractivity contribution is 5.94. The number of nitro groups is 1. The van der Waals surface area contributed by atoms with Crippen LogP contribution in [-0.2, 0) is 0 Å². The van der Waals surface area contributed by atoms with E-state index in [1.165, 1.54) is 18.3 Å². The van der Waals surface area contributed by atoms with Crippen molar-refractivity contribution < 1.29 is 9.72 Å². The van der Waals surface area contributed by atoms with Gasteiger partial charge in [0.05, 0.1) is 4.92 Å². The average Bonchev–Trinajstić information content (AvgIpc) is 2.85. The summed E-state index contributed by atoms with van der Waals surface area (Å²) in [5, 5.41) is 13.1. The maximum Gasteiger partial charge on any atom is 0.346 e. The Hall–Kier alpha value is -2.70. The second-order valence-corrected chi connectivity index (χ2v) is 4.68. The second-order valence-electron chi connectivity index (χ2n) is 4.68. The van der Waals surface area contributed by atoms with Crippen LogP contribution in [0, 0.1) is 10.1 Å². The standard InChI is InChI=1S/C14H16N4O3/c1-17-10-2-3-13(17)16-14(19)15-9-8-11-4-6-12(7-5-11)18(20)21/h4-9H,2-3,10H2,1H3,(H,15,19)/b9-8+,16-13-. The zero-order valence-electron chi connectivity index (χ0n) is 11.7. The molecular formula is C14H16N4O3. The van der Waals surface area contributed by atoms with Gasteiger partial charge in [0.2, 0.25) is 0 Å². The first kappa shape index (κ1) is 14.7. The van der Waals surface area contributed by atoms with E-state index in [2.05, 4.69) is 10.3 Å². The van der Waals surface area contributed by atoms with E-state index < -0.39 is 11.0 Å². The van der Waals surface area contributed by atoms with Crippen molar-refractivity contribution in [1.29, 1.82) is 0 Å². The van der Waals surface area contributed by atoms with Gasteiger partial charge in [-0.2, -0.15) is 4.99 Å². The molecule has 0 unspecified atom stereocenters. The van der Waals surface area contributed by atoms with Gasteiger partial charge in [0.15, 0.2) is 0 Å². The van der Waals surface area contributed by atoms with Crippen LogP contribution >= 0.6 is 0 Å². The van der Waals surface area contributed by atoms with Crippen LogP contribution in [0.5, 0.6) is 0 Å². The van der Waals surface area contributed by atoms with Crippen LogP contribution in [0.2, 0.25) is 0 Å². The second kappa shape index (κ2) is 6.65. The number of carbonyl (C=O) groups is 1. The number of carbonyl (C=O) groups excluding carboxylic acids is 1. The smallest absolute Gasteiger partial charge is 0.346 e. The predicted octanol–water partition coefficient (Wildman–Crippen LogP) is 2.40. The Morgan fingerprint density at radius 3 is 2.71 bits per heavy atom. The van der Waals surface area contributed by atoms with Crippen molar-refractivity contribution in [2.75, 3.05) is 13.6 Å². The summed E-state index contributed by atoms with van der Waals surface area (Å²) in [5.74, 6) is 0.788. The Morgan fingerprint density at radius 1 is 1.43 bits per heavy atom. The van der Waals surface area contributed by atoms with Gasteiger partial charge in [-0.15, -0.1) is 0 Å². The molecule has 2 amide bonds. The Morgan fingerprint density at radius 2 is 2.14 bits per heavy atom. The van der Waals surface area contributed by atoms with Crippen molar-refractivity contribution in [1.82, 2.24) is 10.2 Å². The van der Waals surface area contributed by atoms with E-state index in [-0.39, 0.29) is 5.69 Å². The van der Waals surface area contributed by atoms with Gasteiger partial charge in [-0.3, -0.25) is 10.1 Å². The molecule has 1 saturated heterocycles. The van der Waals surface area contributed by atoms with E-state index in [1.54, 1.807) is 18.2 Å². The Bertz CT molecular complexity index is 593. The summed E-state index contributed by atoms with van der Waals surface area (Å²) < 4.78 is 0. The molecule has 7 nitrogen and oxygen atoms in total. The van der Waals surface area contributed by atoms with E-state index in [0.29, 0.717) is 0 Å². The van der Waals surface area contributed by atoms with Crippen LogP contribution in [0.1, 0.15) is 18.4 Å². The van der Waals surface area contributed by atoms with Crippen LogP contribution in [0.25, 0.3) is 6.08 Å². The summed E-state index contributed by atoms with van der Waals surface area (Å²) in [4.78, 5) is 27.6. The van der Waals surface area contributed by atoms with Crippen LogP contribution in [-0.4, -0.2) is 35.3 Å². The number of nitro benzene ring substituents is 1. The average molecular weight is 288 g/mol. The maximum absolute atomic E-state index is 11.6. The number of likely N-dealkylation sites (tertiary alicyclic amines) is 1. The summed E-state index contributed by atoms with van der Waals surface area (Å²) in [5.41, 5.74) is 0.790. The fourth-order valence-corrected chi connectivity index (χ4v) is 2.00. The first-order valence-corrected chi connectivity index (χ1v) is 6.56. The number of urea groups is 1. The molecule has 21 heavy (non-hydrogen) atoms. The summed E-state index contributed by atoms with van der Waals surface area (Å²) in [6.07, 6.45) is 4.96. The Balaban J connectivity index is 1.90. The van der Waals surface area contributed by atoms with E-state index in [1.807, 2.05) is 11.9 Å².